The van der Waals surface area contributed by atoms with Crippen LogP contribution in [-0.2, 0) is 13.0 Å². The molecule has 1 aliphatic heterocycles. The van der Waals surface area contributed by atoms with E-state index in [4.69, 9.17) is 16.3 Å². The lowest BCUT2D eigenvalue weighted by Gasteiger charge is -2.24. The summed E-state index contributed by atoms with van der Waals surface area (Å²) in [5, 5.41) is 8.46. The van der Waals surface area contributed by atoms with Gasteiger partial charge in [-0.05, 0) is 53.5 Å². The van der Waals surface area contributed by atoms with Gasteiger partial charge < -0.3 is 15.0 Å². The zero-order chi connectivity index (χ0) is 24.4. The fraction of sp³-hybridized carbons (Fsp3) is 0.440. The van der Waals surface area contributed by atoms with Gasteiger partial charge in [0, 0.05) is 41.2 Å². The van der Waals surface area contributed by atoms with Gasteiger partial charge in [0.05, 0.1) is 12.8 Å². The Morgan fingerprint density at radius 3 is 2.64 bits per heavy atom. The number of methoxy groups -OCH3 is 1. The third-order valence-electron chi connectivity index (χ3n) is 5.08. The Kier molecular flexibility index (Phi) is 11.2. The van der Waals surface area contributed by atoms with Gasteiger partial charge >= 0.3 is 0 Å². The lowest BCUT2D eigenvalue weighted by molar-refractivity contribution is 0.306. The molecule has 8 heteroatoms. The van der Waals surface area contributed by atoms with Crippen molar-refractivity contribution in [3.8, 4) is 5.88 Å². The molecular weight excluding hydrogens is 454 g/mol. The van der Waals surface area contributed by atoms with Crippen LogP contribution in [0.4, 0.5) is 0 Å². The standard InChI is InChI=1S/C18H20N4OS.C4H7Cl.C3H9N/c1-12-5-4-6-14(9-12)24-16-17-19-10-13-11-21(2)8-7-15(13)22(17)20-18(16)23-3;1-3-4(2)5;1-3-4-2/h4-6,9-10H,7-8,11H2,1-3H3;3H,1-2H3;4H,3H2,1-2H3/b;4-3+;. The van der Waals surface area contributed by atoms with Crippen LogP contribution >= 0.6 is 23.4 Å². The van der Waals surface area contributed by atoms with Gasteiger partial charge in [0.15, 0.2) is 5.65 Å². The summed E-state index contributed by atoms with van der Waals surface area (Å²) in [6, 6.07) is 8.44. The topological polar surface area (TPSA) is 54.7 Å². The zero-order valence-corrected chi connectivity index (χ0v) is 22.3. The number of hydrogen-bond acceptors (Lipinski definition) is 6. The number of aryl methyl sites for hydroxylation is 1. The van der Waals surface area contributed by atoms with Crippen molar-refractivity contribution in [2.75, 3.05) is 34.3 Å². The molecule has 0 atom stereocenters. The van der Waals surface area contributed by atoms with Crippen molar-refractivity contribution >= 4 is 29.0 Å². The second kappa shape index (κ2) is 13.6. The molecule has 180 valence electrons. The Morgan fingerprint density at radius 1 is 1.36 bits per heavy atom. The van der Waals surface area contributed by atoms with Crippen LogP contribution in [0.5, 0.6) is 5.88 Å². The van der Waals surface area contributed by atoms with Gasteiger partial charge in [-0.15, -0.1) is 5.10 Å². The maximum Gasteiger partial charge on any atom is 0.249 e. The smallest absolute Gasteiger partial charge is 0.249 e. The molecule has 1 aliphatic rings. The van der Waals surface area contributed by atoms with Gasteiger partial charge in [0.1, 0.15) is 4.90 Å². The molecule has 2 aromatic heterocycles. The molecule has 1 N–H and O–H groups in total. The lowest BCUT2D eigenvalue weighted by Crippen LogP contribution is -2.28. The van der Waals surface area contributed by atoms with Gasteiger partial charge in [0.25, 0.3) is 0 Å². The summed E-state index contributed by atoms with van der Waals surface area (Å²) in [5.41, 5.74) is 4.60. The third-order valence-corrected chi connectivity index (χ3v) is 6.35. The van der Waals surface area contributed by atoms with E-state index >= 15 is 0 Å². The Bertz CT molecular complexity index is 1060. The minimum Gasteiger partial charge on any atom is -0.479 e. The minimum absolute atomic E-state index is 0.640. The normalized spacial score (nSPS) is 13.5. The van der Waals surface area contributed by atoms with Crippen LogP contribution in [0.2, 0.25) is 0 Å². The van der Waals surface area contributed by atoms with E-state index in [1.165, 1.54) is 21.7 Å². The summed E-state index contributed by atoms with van der Waals surface area (Å²) in [4.78, 5) is 9.14. The molecule has 0 radical (unpaired) electrons. The van der Waals surface area contributed by atoms with E-state index in [-0.39, 0.29) is 0 Å². The van der Waals surface area contributed by atoms with E-state index in [2.05, 4.69) is 65.5 Å². The summed E-state index contributed by atoms with van der Waals surface area (Å²) in [6.45, 7) is 10.9. The number of allylic oxidation sites excluding steroid dienone is 2. The van der Waals surface area contributed by atoms with Gasteiger partial charge in [-0.3, -0.25) is 0 Å². The second-order valence-corrected chi connectivity index (χ2v) is 9.47. The number of aromatic nitrogens is 3. The fourth-order valence-electron chi connectivity index (χ4n) is 3.11. The molecule has 1 aromatic carbocycles. The first-order valence-electron chi connectivity index (χ1n) is 11.1. The van der Waals surface area contributed by atoms with Crippen molar-refractivity contribution in [3.63, 3.8) is 0 Å². The van der Waals surface area contributed by atoms with Crippen LogP contribution in [0.15, 0.2) is 51.4 Å². The van der Waals surface area contributed by atoms with Crippen LogP contribution < -0.4 is 10.1 Å². The van der Waals surface area contributed by atoms with Crippen molar-refractivity contribution in [2.24, 2.45) is 0 Å². The highest BCUT2D eigenvalue weighted by Crippen LogP contribution is 2.38. The van der Waals surface area contributed by atoms with Crippen molar-refractivity contribution in [1.29, 1.82) is 0 Å². The molecule has 0 spiro atoms. The highest BCUT2D eigenvalue weighted by molar-refractivity contribution is 7.99. The number of ether oxygens (including phenoxy) is 1. The molecule has 0 bridgehead atoms. The van der Waals surface area contributed by atoms with Crippen LogP contribution in [-0.4, -0.2) is 53.8 Å². The summed E-state index contributed by atoms with van der Waals surface area (Å²) in [5.74, 6) is 0.640. The SMILES string of the molecule is C/C=C(\C)Cl.CCNC.COc1nn2c3c(cnc2c1Sc1cccc(C)c1)CN(C)CC3. The molecule has 3 heterocycles. The number of benzene rings is 1. The number of halogens is 1. The molecule has 0 saturated carbocycles. The Morgan fingerprint density at radius 2 is 2.06 bits per heavy atom. The molecule has 0 aliphatic carbocycles. The lowest BCUT2D eigenvalue weighted by atomic mass is 10.1. The molecule has 0 fully saturated rings. The first kappa shape index (κ1) is 27.2. The Hall–Kier alpha value is -2.06. The largest absolute Gasteiger partial charge is 0.479 e. The number of nitrogens with one attached hydrogen (secondary N) is 1. The van der Waals surface area contributed by atoms with Crippen LogP contribution in [0, 0.1) is 6.92 Å². The van der Waals surface area contributed by atoms with Gasteiger partial charge in [-0.2, -0.15) is 0 Å². The molecule has 0 unspecified atom stereocenters. The minimum atomic E-state index is 0.640. The van der Waals surface area contributed by atoms with Crippen molar-refractivity contribution in [1.82, 2.24) is 24.8 Å². The first-order valence-corrected chi connectivity index (χ1v) is 12.3. The molecule has 0 amide bonds. The van der Waals surface area contributed by atoms with E-state index in [1.54, 1.807) is 18.9 Å². The maximum atomic E-state index is 5.54. The highest BCUT2D eigenvalue weighted by Gasteiger charge is 2.22. The zero-order valence-electron chi connectivity index (χ0n) is 20.8. The average molecular weight is 490 g/mol. The Labute approximate surface area is 207 Å². The number of nitrogens with zero attached hydrogens (tertiary/aromatic N) is 4. The number of hydrogen-bond donors (Lipinski definition) is 1. The summed E-state index contributed by atoms with van der Waals surface area (Å²) < 4.78 is 7.51. The quantitative estimate of drug-likeness (QED) is 0.517. The van der Waals surface area contributed by atoms with Crippen LogP contribution in [0.3, 0.4) is 0 Å². The highest BCUT2D eigenvalue weighted by atomic mass is 35.5. The molecule has 33 heavy (non-hydrogen) atoms. The van der Waals surface area contributed by atoms with Crippen molar-refractivity contribution in [3.05, 3.63) is 58.4 Å². The average Bonchev–Trinajstić information content (AvgIpc) is 3.17. The fourth-order valence-corrected chi connectivity index (χ4v) is 4.18. The van der Waals surface area contributed by atoms with Gasteiger partial charge in [-0.1, -0.05) is 54.1 Å². The summed E-state index contributed by atoms with van der Waals surface area (Å²) in [6.07, 6.45) is 4.81. The molecule has 3 aromatic rings. The predicted molar refractivity (Wildman–Crippen MR) is 140 cm³/mol. The number of likely N-dealkylation sites (N-methyl/N-ethyl adjacent to an activating group) is 1. The van der Waals surface area contributed by atoms with E-state index in [9.17, 15) is 0 Å². The van der Waals surface area contributed by atoms with Crippen LogP contribution in [0.25, 0.3) is 5.65 Å². The molecule has 6 nitrogen and oxygen atoms in total. The van der Waals surface area contributed by atoms with E-state index in [1.807, 2.05) is 37.7 Å². The van der Waals surface area contributed by atoms with Crippen LogP contribution in [0.1, 0.15) is 37.6 Å². The molecule has 4 rings (SSSR count). The summed E-state index contributed by atoms with van der Waals surface area (Å²) in [7, 11) is 5.73. The second-order valence-electron chi connectivity index (χ2n) is 7.79. The van der Waals surface area contributed by atoms with Gasteiger partial charge in [0.2, 0.25) is 5.88 Å². The maximum absolute atomic E-state index is 5.54. The third kappa shape index (κ3) is 7.74. The van der Waals surface area contributed by atoms with Gasteiger partial charge in [-0.25, -0.2) is 9.50 Å². The first-order chi connectivity index (χ1) is 15.8. The van der Waals surface area contributed by atoms with E-state index < -0.39 is 0 Å². The van der Waals surface area contributed by atoms with E-state index in [0.717, 1.165) is 41.6 Å². The predicted octanol–water partition coefficient (Wildman–Crippen LogP) is 5.56. The summed E-state index contributed by atoms with van der Waals surface area (Å²) >= 11 is 6.98. The van der Waals surface area contributed by atoms with Crippen molar-refractivity contribution in [2.45, 2.75) is 50.5 Å². The molecular formula is C25H36ClN5OS. The number of fused-ring (bicyclic) bond motifs is 3. The monoisotopic (exact) mass is 489 g/mol. The number of rotatable bonds is 4. The van der Waals surface area contributed by atoms with E-state index in [0.29, 0.717) is 5.88 Å². The Balaban J connectivity index is 0.000000368. The molecule has 0 saturated heterocycles. The van der Waals surface area contributed by atoms with Crippen molar-refractivity contribution < 1.29 is 4.74 Å².